The van der Waals surface area contributed by atoms with Crippen LogP contribution < -0.4 is 18.9 Å². The summed E-state index contributed by atoms with van der Waals surface area (Å²) in [4.78, 5) is 32.6. The molecule has 5 rings (SSSR count). The molecule has 2 amide bonds. The number of likely N-dealkylation sites (tertiary alicyclic amines) is 1. The molecule has 0 aliphatic carbocycles. The van der Waals surface area contributed by atoms with E-state index in [-0.39, 0.29) is 24.5 Å². The van der Waals surface area contributed by atoms with Gasteiger partial charge in [-0.25, -0.2) is 0 Å². The molecule has 9 nitrogen and oxygen atoms in total. The van der Waals surface area contributed by atoms with Gasteiger partial charge in [-0.2, -0.15) is 0 Å². The Morgan fingerprint density at radius 1 is 0.861 bits per heavy atom. The van der Waals surface area contributed by atoms with Crippen molar-refractivity contribution in [2.45, 2.75) is 19.4 Å². The molecule has 192 valence electrons. The minimum Gasteiger partial charge on any atom is -0.496 e. The van der Waals surface area contributed by atoms with Gasteiger partial charge in [0, 0.05) is 51.7 Å². The van der Waals surface area contributed by atoms with Crippen LogP contribution in [0.15, 0.2) is 36.4 Å². The monoisotopic (exact) mass is 495 g/mol. The summed E-state index contributed by atoms with van der Waals surface area (Å²) in [5, 5.41) is 0. The number of rotatable bonds is 6. The van der Waals surface area contributed by atoms with E-state index < -0.39 is 0 Å². The van der Waals surface area contributed by atoms with Crippen LogP contribution in [0.5, 0.6) is 23.0 Å². The van der Waals surface area contributed by atoms with Gasteiger partial charge >= 0.3 is 0 Å². The molecule has 0 spiro atoms. The van der Waals surface area contributed by atoms with Crippen LogP contribution in [0.25, 0.3) is 0 Å². The zero-order valence-corrected chi connectivity index (χ0v) is 20.9. The third-order valence-electron chi connectivity index (χ3n) is 7.30. The molecule has 36 heavy (non-hydrogen) atoms. The molecule has 3 heterocycles. The quantitative estimate of drug-likeness (QED) is 0.610. The lowest BCUT2D eigenvalue weighted by Crippen LogP contribution is -2.51. The number of hydrogen-bond acceptors (Lipinski definition) is 7. The molecule has 0 unspecified atom stereocenters. The van der Waals surface area contributed by atoms with Crippen LogP contribution in [0.1, 0.15) is 28.8 Å². The predicted molar refractivity (Wildman–Crippen MR) is 133 cm³/mol. The Morgan fingerprint density at radius 3 is 2.19 bits per heavy atom. The van der Waals surface area contributed by atoms with Crippen molar-refractivity contribution in [1.29, 1.82) is 0 Å². The zero-order valence-electron chi connectivity index (χ0n) is 20.9. The van der Waals surface area contributed by atoms with Gasteiger partial charge in [0.15, 0.2) is 11.5 Å². The minimum atomic E-state index is -0.118. The minimum absolute atomic E-state index is 0.0472. The molecule has 9 heteroatoms. The van der Waals surface area contributed by atoms with Crippen LogP contribution in [0.2, 0.25) is 0 Å². The second kappa shape index (κ2) is 10.7. The average Bonchev–Trinajstić information content (AvgIpc) is 3.40. The third-order valence-corrected chi connectivity index (χ3v) is 7.30. The maximum Gasteiger partial charge on any atom is 0.261 e. The fourth-order valence-electron chi connectivity index (χ4n) is 5.23. The normalized spacial score (nSPS) is 18.3. The number of carbonyl (C=O) groups is 2. The molecule has 2 aromatic carbocycles. The summed E-state index contributed by atoms with van der Waals surface area (Å²) in [5.74, 6) is 2.63. The Kier molecular flexibility index (Phi) is 7.18. The number of methoxy groups -OCH3 is 2. The van der Waals surface area contributed by atoms with E-state index in [1.54, 1.807) is 37.3 Å². The van der Waals surface area contributed by atoms with E-state index in [4.69, 9.17) is 18.9 Å². The molecule has 0 aromatic heterocycles. The van der Waals surface area contributed by atoms with Gasteiger partial charge in [-0.3, -0.25) is 14.5 Å². The van der Waals surface area contributed by atoms with E-state index in [0.717, 1.165) is 44.2 Å². The van der Waals surface area contributed by atoms with Crippen molar-refractivity contribution in [2.24, 2.45) is 5.92 Å². The topological polar surface area (TPSA) is 80.8 Å². The summed E-state index contributed by atoms with van der Waals surface area (Å²) >= 11 is 0. The summed E-state index contributed by atoms with van der Waals surface area (Å²) in [6.07, 6.45) is 1.33. The van der Waals surface area contributed by atoms with Crippen molar-refractivity contribution in [2.75, 3.05) is 60.3 Å². The van der Waals surface area contributed by atoms with Gasteiger partial charge in [0.25, 0.3) is 5.91 Å². The van der Waals surface area contributed by atoms with E-state index in [0.29, 0.717) is 43.0 Å². The summed E-state index contributed by atoms with van der Waals surface area (Å²) in [7, 11) is 3.09. The molecule has 0 saturated carbocycles. The van der Waals surface area contributed by atoms with Gasteiger partial charge in [0.2, 0.25) is 12.7 Å². The van der Waals surface area contributed by atoms with Gasteiger partial charge < -0.3 is 28.7 Å². The maximum absolute atomic E-state index is 13.2. The van der Waals surface area contributed by atoms with Crippen molar-refractivity contribution >= 4 is 11.8 Å². The van der Waals surface area contributed by atoms with Gasteiger partial charge in [-0.05, 0) is 42.7 Å². The van der Waals surface area contributed by atoms with Crippen molar-refractivity contribution in [3.8, 4) is 23.0 Å². The van der Waals surface area contributed by atoms with E-state index >= 15 is 0 Å². The number of ether oxygens (including phenoxy) is 4. The highest BCUT2D eigenvalue weighted by molar-refractivity contribution is 6.00. The summed E-state index contributed by atoms with van der Waals surface area (Å²) in [6, 6.07) is 11.4. The Bertz CT molecular complexity index is 1080. The number of piperidine rings is 1. The molecule has 2 fully saturated rings. The van der Waals surface area contributed by atoms with Crippen LogP contribution in [0, 0.1) is 5.92 Å². The first-order valence-corrected chi connectivity index (χ1v) is 12.5. The van der Waals surface area contributed by atoms with Crippen LogP contribution >= 0.6 is 0 Å². The fraction of sp³-hybridized carbons (Fsp3) is 0.481. The molecule has 0 radical (unpaired) electrons. The number of hydrogen-bond donors (Lipinski definition) is 0. The van der Waals surface area contributed by atoms with Crippen LogP contribution in [-0.2, 0) is 11.3 Å². The molecule has 2 saturated heterocycles. The lowest BCUT2D eigenvalue weighted by atomic mass is 9.94. The molecule has 0 atom stereocenters. The average molecular weight is 496 g/mol. The van der Waals surface area contributed by atoms with Crippen molar-refractivity contribution in [3.63, 3.8) is 0 Å². The van der Waals surface area contributed by atoms with E-state index in [1.165, 1.54) is 5.56 Å². The Morgan fingerprint density at radius 2 is 1.53 bits per heavy atom. The first-order chi connectivity index (χ1) is 17.6. The number of benzene rings is 2. The van der Waals surface area contributed by atoms with Gasteiger partial charge in [-0.1, -0.05) is 12.1 Å². The smallest absolute Gasteiger partial charge is 0.261 e. The number of amides is 2. The standard InChI is InChI=1S/C27H33N3O6/c1-33-22-4-3-5-23(34-2)25(22)27(32)29-10-8-20(9-11-29)26(31)30-14-12-28(13-15-30)17-19-6-7-21-24(16-19)36-18-35-21/h3-7,16,20H,8-15,17-18H2,1-2H3. The Labute approximate surface area is 211 Å². The van der Waals surface area contributed by atoms with Crippen LogP contribution in [0.4, 0.5) is 0 Å². The second-order valence-electron chi connectivity index (χ2n) is 9.39. The molecule has 2 aromatic rings. The van der Waals surface area contributed by atoms with Gasteiger partial charge in [0.05, 0.1) is 14.2 Å². The largest absolute Gasteiger partial charge is 0.496 e. The van der Waals surface area contributed by atoms with Crippen molar-refractivity contribution < 1.29 is 28.5 Å². The van der Waals surface area contributed by atoms with Gasteiger partial charge in [-0.15, -0.1) is 0 Å². The highest BCUT2D eigenvalue weighted by Crippen LogP contribution is 2.33. The summed E-state index contributed by atoms with van der Waals surface area (Å²) in [5.41, 5.74) is 1.62. The van der Waals surface area contributed by atoms with E-state index in [2.05, 4.69) is 11.0 Å². The highest BCUT2D eigenvalue weighted by Gasteiger charge is 2.33. The van der Waals surface area contributed by atoms with Crippen molar-refractivity contribution in [1.82, 2.24) is 14.7 Å². The van der Waals surface area contributed by atoms with E-state index in [1.807, 2.05) is 17.0 Å². The predicted octanol–water partition coefficient (Wildman–Crippen LogP) is 2.63. The zero-order chi connectivity index (χ0) is 25.1. The summed E-state index contributed by atoms with van der Waals surface area (Å²) in [6.45, 7) is 5.31. The molecule has 0 N–H and O–H groups in total. The lowest BCUT2D eigenvalue weighted by molar-refractivity contribution is -0.138. The first kappa shape index (κ1) is 24.2. The molecule has 3 aliphatic rings. The van der Waals surface area contributed by atoms with Crippen LogP contribution in [-0.4, -0.2) is 86.8 Å². The number of carbonyl (C=O) groups excluding carboxylic acids is 2. The third kappa shape index (κ3) is 4.93. The summed E-state index contributed by atoms with van der Waals surface area (Å²) < 4.78 is 21.7. The number of fused-ring (bicyclic) bond motifs is 1. The number of nitrogens with zero attached hydrogens (tertiary/aromatic N) is 3. The molecule has 3 aliphatic heterocycles. The first-order valence-electron chi connectivity index (χ1n) is 12.5. The highest BCUT2D eigenvalue weighted by atomic mass is 16.7. The molecular formula is C27H33N3O6. The molecule has 0 bridgehead atoms. The second-order valence-corrected chi connectivity index (χ2v) is 9.39. The van der Waals surface area contributed by atoms with Crippen molar-refractivity contribution in [3.05, 3.63) is 47.5 Å². The Hall–Kier alpha value is -3.46. The SMILES string of the molecule is COc1cccc(OC)c1C(=O)N1CCC(C(=O)N2CCN(Cc3ccc4c(c3)OCO4)CC2)CC1. The van der Waals surface area contributed by atoms with E-state index in [9.17, 15) is 9.59 Å². The fourth-order valence-corrected chi connectivity index (χ4v) is 5.23. The maximum atomic E-state index is 13.2. The Balaban J connectivity index is 1.11. The number of piperazine rings is 1. The molecular weight excluding hydrogens is 462 g/mol. The lowest BCUT2D eigenvalue weighted by Gasteiger charge is -2.38. The van der Waals surface area contributed by atoms with Gasteiger partial charge in [0.1, 0.15) is 17.1 Å². The van der Waals surface area contributed by atoms with Crippen LogP contribution in [0.3, 0.4) is 0 Å².